The lowest BCUT2D eigenvalue weighted by Crippen LogP contribution is -2.21. The Kier molecular flexibility index (Phi) is 6.90. The zero-order valence-corrected chi connectivity index (χ0v) is 22.8. The number of nitrogens with one attached hydrogen (secondary N) is 2. The van der Waals surface area contributed by atoms with Gasteiger partial charge in [0.15, 0.2) is 0 Å². The van der Waals surface area contributed by atoms with Gasteiger partial charge in [-0.1, -0.05) is 70.2 Å². The van der Waals surface area contributed by atoms with Crippen molar-refractivity contribution in [3.63, 3.8) is 0 Å². The fraction of sp³-hybridized carbons (Fsp3) is 0.344. The van der Waals surface area contributed by atoms with Crippen LogP contribution in [0.5, 0.6) is 0 Å². The Morgan fingerprint density at radius 3 is 2.11 bits per heavy atom. The second-order valence-corrected chi connectivity index (χ2v) is 11.7. The minimum atomic E-state index is -0.184. The quantitative estimate of drug-likeness (QED) is 0.284. The normalized spacial score (nSPS) is 13.3. The van der Waals surface area contributed by atoms with Gasteiger partial charge in [0.2, 0.25) is 0 Å². The lowest BCUT2D eigenvalue weighted by molar-refractivity contribution is 0.262. The van der Waals surface area contributed by atoms with Crippen LogP contribution < -0.4 is 10.6 Å². The van der Waals surface area contributed by atoms with E-state index in [1.807, 2.05) is 0 Å². The van der Waals surface area contributed by atoms with E-state index >= 15 is 0 Å². The Bertz CT molecular complexity index is 1400. The first-order chi connectivity index (χ1) is 17.3. The number of para-hydroxylation sites is 1. The number of hydrogen-bond donors (Lipinski definition) is 2. The number of hydrogen-bond acceptors (Lipinski definition) is 2. The number of carbonyl (C=O) groups excluding carboxylic acids is 1. The zero-order chi connectivity index (χ0) is 25.4. The van der Waals surface area contributed by atoms with E-state index in [9.17, 15) is 4.79 Å². The number of thiophene rings is 1. The maximum Gasteiger partial charge on any atom is 0.324 e. The van der Waals surface area contributed by atoms with Gasteiger partial charge in [0.25, 0.3) is 0 Å². The molecule has 1 aliphatic rings. The second-order valence-electron chi connectivity index (χ2n) is 10.6. The summed E-state index contributed by atoms with van der Waals surface area (Å²) in [5.74, 6) is 0.634. The molecule has 0 atom stereocenters. The second kappa shape index (κ2) is 10.1. The van der Waals surface area contributed by atoms with Crippen LogP contribution in [0, 0.1) is 6.92 Å². The average molecular weight is 497 g/mol. The first-order valence-electron chi connectivity index (χ1n) is 13.2. The molecule has 0 radical (unpaired) electrons. The molecule has 1 aliphatic carbocycles. The van der Waals surface area contributed by atoms with Crippen LogP contribution >= 0.6 is 11.3 Å². The van der Waals surface area contributed by atoms with Gasteiger partial charge in [0, 0.05) is 21.3 Å². The number of aryl methyl sites for hydroxylation is 3. The Labute approximate surface area is 219 Å². The van der Waals surface area contributed by atoms with Crippen LogP contribution in [0.4, 0.5) is 15.5 Å². The van der Waals surface area contributed by atoms with E-state index in [0.717, 1.165) is 29.1 Å². The molecule has 0 saturated carbocycles. The van der Waals surface area contributed by atoms with Gasteiger partial charge >= 0.3 is 6.03 Å². The SMILES string of the molecule is Cc1ccccc1-c1c(NC(=O)Nc2c(C(C)C)cccc2C(C)C)sc2cc3c(cc12)CCCC3. The largest absolute Gasteiger partial charge is 0.324 e. The first-order valence-corrected chi connectivity index (χ1v) is 14.0. The van der Waals surface area contributed by atoms with Crippen molar-refractivity contribution in [3.8, 4) is 11.1 Å². The predicted octanol–water partition coefficient (Wildman–Crippen LogP) is 9.65. The number of rotatable bonds is 5. The van der Waals surface area contributed by atoms with Crippen LogP contribution in [0.25, 0.3) is 21.2 Å². The maximum absolute atomic E-state index is 13.5. The Morgan fingerprint density at radius 1 is 0.833 bits per heavy atom. The molecule has 0 fully saturated rings. The van der Waals surface area contributed by atoms with Crippen LogP contribution in [-0.4, -0.2) is 6.03 Å². The molecule has 4 aromatic rings. The molecule has 186 valence electrons. The van der Waals surface area contributed by atoms with Gasteiger partial charge in [-0.2, -0.15) is 0 Å². The van der Waals surface area contributed by atoms with E-state index in [0.29, 0.717) is 11.8 Å². The van der Waals surface area contributed by atoms with Gasteiger partial charge in [-0.15, -0.1) is 11.3 Å². The fourth-order valence-corrected chi connectivity index (χ4v) is 6.64. The average Bonchev–Trinajstić information content (AvgIpc) is 3.18. The molecule has 0 aliphatic heterocycles. The minimum absolute atomic E-state index is 0.184. The fourth-order valence-electron chi connectivity index (χ4n) is 5.48. The predicted molar refractivity (Wildman–Crippen MR) is 156 cm³/mol. The summed E-state index contributed by atoms with van der Waals surface area (Å²) >= 11 is 1.69. The Hall–Kier alpha value is -3.11. The highest BCUT2D eigenvalue weighted by molar-refractivity contribution is 7.23. The van der Waals surface area contributed by atoms with Crippen LogP contribution in [0.3, 0.4) is 0 Å². The summed E-state index contributed by atoms with van der Waals surface area (Å²) < 4.78 is 1.25. The smallest absolute Gasteiger partial charge is 0.307 e. The molecule has 1 heterocycles. The van der Waals surface area contributed by atoms with Crippen molar-refractivity contribution in [2.45, 2.75) is 72.1 Å². The van der Waals surface area contributed by atoms with Crippen molar-refractivity contribution in [2.24, 2.45) is 0 Å². The summed E-state index contributed by atoms with van der Waals surface area (Å²) in [6, 6.07) is 19.4. The van der Waals surface area contributed by atoms with Gasteiger partial charge in [-0.05, 0) is 90.0 Å². The van der Waals surface area contributed by atoms with Gasteiger partial charge in [-0.25, -0.2) is 4.79 Å². The van der Waals surface area contributed by atoms with Crippen LogP contribution in [0.15, 0.2) is 54.6 Å². The molecule has 3 aromatic carbocycles. The molecule has 3 nitrogen and oxygen atoms in total. The summed E-state index contributed by atoms with van der Waals surface area (Å²) in [5, 5.41) is 8.66. The third-order valence-electron chi connectivity index (χ3n) is 7.41. The van der Waals surface area contributed by atoms with Crippen LogP contribution in [0.2, 0.25) is 0 Å². The summed E-state index contributed by atoms with van der Waals surface area (Å²) in [5.41, 5.74) is 9.73. The van der Waals surface area contributed by atoms with Crippen molar-refractivity contribution in [3.05, 3.63) is 82.4 Å². The Morgan fingerprint density at radius 2 is 1.47 bits per heavy atom. The summed E-state index contributed by atoms with van der Waals surface area (Å²) in [7, 11) is 0. The molecule has 5 rings (SSSR count). The molecular weight excluding hydrogens is 460 g/mol. The number of urea groups is 1. The van der Waals surface area contributed by atoms with E-state index in [1.54, 1.807) is 11.3 Å². The maximum atomic E-state index is 13.5. The van der Waals surface area contributed by atoms with Gasteiger partial charge < -0.3 is 5.32 Å². The summed E-state index contributed by atoms with van der Waals surface area (Å²) in [6.45, 7) is 10.8. The monoisotopic (exact) mass is 496 g/mol. The van der Waals surface area contributed by atoms with Crippen molar-refractivity contribution in [1.29, 1.82) is 0 Å². The van der Waals surface area contributed by atoms with E-state index < -0.39 is 0 Å². The number of carbonyl (C=O) groups is 1. The lowest BCUT2D eigenvalue weighted by Gasteiger charge is -2.20. The van der Waals surface area contributed by atoms with E-state index in [4.69, 9.17) is 0 Å². The highest BCUT2D eigenvalue weighted by Gasteiger charge is 2.22. The molecule has 0 unspecified atom stereocenters. The molecule has 0 spiro atoms. The highest BCUT2D eigenvalue weighted by atomic mass is 32.1. The van der Waals surface area contributed by atoms with Crippen molar-refractivity contribution in [1.82, 2.24) is 0 Å². The standard InChI is InChI=1S/C32H36N2OS/c1-19(2)24-15-10-16-25(20(3)4)30(24)33-32(35)34-31-29(26-14-9-6-11-21(26)5)27-17-22-12-7-8-13-23(22)18-28(27)36-31/h6,9-11,14-20H,7-8,12-13H2,1-5H3,(H2,33,34,35). The lowest BCUT2D eigenvalue weighted by atomic mass is 9.89. The molecule has 36 heavy (non-hydrogen) atoms. The molecule has 4 heteroatoms. The zero-order valence-electron chi connectivity index (χ0n) is 22.0. The number of amides is 2. The minimum Gasteiger partial charge on any atom is -0.307 e. The van der Waals surface area contributed by atoms with Crippen molar-refractivity contribution >= 4 is 38.1 Å². The number of anilines is 2. The summed E-state index contributed by atoms with van der Waals surface area (Å²) in [6.07, 6.45) is 4.80. The van der Waals surface area contributed by atoms with Gasteiger partial charge in [-0.3, -0.25) is 5.32 Å². The third kappa shape index (κ3) is 4.67. The van der Waals surface area contributed by atoms with Crippen molar-refractivity contribution < 1.29 is 4.79 Å². The first kappa shape index (κ1) is 24.6. The topological polar surface area (TPSA) is 41.1 Å². The van der Waals surface area contributed by atoms with E-state index in [2.05, 4.69) is 99.8 Å². The van der Waals surface area contributed by atoms with Crippen LogP contribution in [-0.2, 0) is 12.8 Å². The molecule has 2 N–H and O–H groups in total. The summed E-state index contributed by atoms with van der Waals surface area (Å²) in [4.78, 5) is 13.5. The molecule has 1 aromatic heterocycles. The molecule has 2 amide bonds. The van der Waals surface area contributed by atoms with Crippen LogP contribution in [0.1, 0.15) is 80.2 Å². The Balaban J connectivity index is 1.58. The van der Waals surface area contributed by atoms with Gasteiger partial charge in [0.05, 0.1) is 0 Å². The number of fused-ring (bicyclic) bond motifs is 2. The van der Waals surface area contributed by atoms with E-state index in [-0.39, 0.29) is 6.03 Å². The molecule has 0 bridgehead atoms. The van der Waals surface area contributed by atoms with E-state index in [1.165, 1.54) is 56.3 Å². The van der Waals surface area contributed by atoms with Gasteiger partial charge in [0.1, 0.15) is 5.00 Å². The van der Waals surface area contributed by atoms with Crippen molar-refractivity contribution in [2.75, 3.05) is 10.6 Å². The molecular formula is C32H36N2OS. The molecule has 0 saturated heterocycles. The third-order valence-corrected chi connectivity index (χ3v) is 8.47. The highest BCUT2D eigenvalue weighted by Crippen LogP contribution is 2.45. The number of benzene rings is 3.